The molecule has 0 unspecified atom stereocenters. The van der Waals surface area contributed by atoms with Crippen LogP contribution in [0.4, 0.5) is 0 Å². The van der Waals surface area contributed by atoms with Crippen LogP contribution in [0.25, 0.3) is 11.4 Å². The number of ether oxygens (including phenoxy) is 2. The SMILES string of the molecule is c1cn(-c2ccc(CCN3CCOc4ccc(-n5ccnc5)cc4OCC3)cc2)cn1. The highest BCUT2D eigenvalue weighted by atomic mass is 16.5. The summed E-state index contributed by atoms with van der Waals surface area (Å²) in [5.41, 5.74) is 3.45. The Morgan fingerprint density at radius 2 is 1.39 bits per heavy atom. The van der Waals surface area contributed by atoms with E-state index in [-0.39, 0.29) is 0 Å². The molecule has 0 atom stereocenters. The van der Waals surface area contributed by atoms with Crippen molar-refractivity contribution >= 4 is 0 Å². The van der Waals surface area contributed by atoms with Crippen molar-refractivity contribution in [2.75, 3.05) is 32.8 Å². The standard InChI is InChI=1S/C24H25N5O2/c1-3-21(28-11-8-25-18-28)4-2-20(1)7-10-27-13-15-30-23-6-5-22(29-12-9-26-19-29)17-24(23)31-16-14-27/h1-6,8-9,11-12,17-19H,7,10,13-16H2. The predicted molar refractivity (Wildman–Crippen MR) is 118 cm³/mol. The van der Waals surface area contributed by atoms with Crippen LogP contribution < -0.4 is 9.47 Å². The molecule has 0 amide bonds. The zero-order chi connectivity index (χ0) is 20.9. The van der Waals surface area contributed by atoms with Crippen LogP contribution in [0, 0.1) is 0 Å². The molecular formula is C24H25N5O2. The Morgan fingerprint density at radius 1 is 0.742 bits per heavy atom. The second-order valence-corrected chi connectivity index (χ2v) is 7.53. The summed E-state index contributed by atoms with van der Waals surface area (Å²) in [7, 11) is 0. The lowest BCUT2D eigenvalue weighted by Gasteiger charge is -2.20. The minimum absolute atomic E-state index is 0.628. The van der Waals surface area contributed by atoms with Gasteiger partial charge in [0.15, 0.2) is 11.5 Å². The van der Waals surface area contributed by atoms with Crippen molar-refractivity contribution in [1.29, 1.82) is 0 Å². The number of imidazole rings is 2. The monoisotopic (exact) mass is 415 g/mol. The molecule has 158 valence electrons. The van der Waals surface area contributed by atoms with Crippen LogP contribution >= 0.6 is 0 Å². The van der Waals surface area contributed by atoms with Crippen LogP contribution in [0.3, 0.4) is 0 Å². The maximum atomic E-state index is 6.08. The van der Waals surface area contributed by atoms with E-state index in [0.717, 1.165) is 48.9 Å². The van der Waals surface area contributed by atoms with E-state index in [2.05, 4.69) is 39.1 Å². The summed E-state index contributed by atoms with van der Waals surface area (Å²) in [5, 5.41) is 0. The van der Waals surface area contributed by atoms with Crippen LogP contribution in [-0.2, 0) is 6.42 Å². The number of rotatable bonds is 5. The maximum absolute atomic E-state index is 6.08. The molecule has 0 saturated heterocycles. The second kappa shape index (κ2) is 9.06. The first-order valence-corrected chi connectivity index (χ1v) is 10.5. The third kappa shape index (κ3) is 4.62. The largest absolute Gasteiger partial charge is 0.488 e. The van der Waals surface area contributed by atoms with Gasteiger partial charge in [-0.2, -0.15) is 0 Å². The molecule has 1 aliphatic heterocycles. The number of hydrogen-bond donors (Lipinski definition) is 0. The molecule has 0 saturated carbocycles. The zero-order valence-corrected chi connectivity index (χ0v) is 17.3. The fraction of sp³-hybridized carbons (Fsp3) is 0.250. The van der Waals surface area contributed by atoms with Crippen molar-refractivity contribution in [1.82, 2.24) is 24.0 Å². The Bertz CT molecular complexity index is 1090. The molecule has 4 aromatic rings. The summed E-state index contributed by atoms with van der Waals surface area (Å²) >= 11 is 0. The molecule has 5 rings (SSSR count). The first kappa shape index (κ1) is 19.4. The van der Waals surface area contributed by atoms with E-state index in [1.54, 1.807) is 18.7 Å². The van der Waals surface area contributed by atoms with Crippen molar-refractivity contribution in [3.8, 4) is 22.9 Å². The summed E-state index contributed by atoms with van der Waals surface area (Å²) in [4.78, 5) is 10.6. The van der Waals surface area contributed by atoms with Crippen molar-refractivity contribution in [3.63, 3.8) is 0 Å². The Morgan fingerprint density at radius 3 is 2.06 bits per heavy atom. The number of aromatic nitrogens is 4. The van der Waals surface area contributed by atoms with Crippen molar-refractivity contribution in [2.45, 2.75) is 6.42 Å². The van der Waals surface area contributed by atoms with E-state index >= 15 is 0 Å². The molecule has 0 radical (unpaired) electrons. The van der Waals surface area contributed by atoms with E-state index in [1.165, 1.54) is 5.56 Å². The summed E-state index contributed by atoms with van der Waals surface area (Å²) in [5.74, 6) is 1.57. The summed E-state index contributed by atoms with van der Waals surface area (Å²) in [6.45, 7) is 3.97. The lowest BCUT2D eigenvalue weighted by atomic mass is 10.1. The highest BCUT2D eigenvalue weighted by Gasteiger charge is 2.14. The van der Waals surface area contributed by atoms with Crippen LogP contribution in [-0.4, -0.2) is 56.9 Å². The predicted octanol–water partition coefficient (Wildman–Crippen LogP) is 3.37. The summed E-state index contributed by atoms with van der Waals surface area (Å²) in [6, 6.07) is 14.6. The molecule has 2 aromatic carbocycles. The van der Waals surface area contributed by atoms with Crippen LogP contribution in [0.1, 0.15) is 5.56 Å². The van der Waals surface area contributed by atoms with Gasteiger partial charge in [0.25, 0.3) is 0 Å². The van der Waals surface area contributed by atoms with Gasteiger partial charge in [-0.1, -0.05) is 12.1 Å². The Balaban J connectivity index is 1.18. The Labute approximate surface area is 181 Å². The minimum Gasteiger partial charge on any atom is -0.488 e. The van der Waals surface area contributed by atoms with Gasteiger partial charge >= 0.3 is 0 Å². The topological polar surface area (TPSA) is 57.3 Å². The fourth-order valence-corrected chi connectivity index (χ4v) is 3.74. The smallest absolute Gasteiger partial charge is 0.163 e. The van der Waals surface area contributed by atoms with Crippen LogP contribution in [0.2, 0.25) is 0 Å². The number of fused-ring (bicyclic) bond motifs is 1. The number of nitrogens with zero attached hydrogens (tertiary/aromatic N) is 5. The van der Waals surface area contributed by atoms with Gasteiger partial charge in [-0.25, -0.2) is 9.97 Å². The highest BCUT2D eigenvalue weighted by molar-refractivity contribution is 5.49. The van der Waals surface area contributed by atoms with Gasteiger partial charge in [-0.15, -0.1) is 0 Å². The van der Waals surface area contributed by atoms with E-state index < -0.39 is 0 Å². The van der Waals surface area contributed by atoms with Gasteiger partial charge in [0, 0.05) is 56.2 Å². The molecule has 31 heavy (non-hydrogen) atoms. The van der Waals surface area contributed by atoms with E-state index in [4.69, 9.17) is 9.47 Å². The van der Waals surface area contributed by atoms with Gasteiger partial charge in [-0.05, 0) is 36.2 Å². The summed E-state index contributed by atoms with van der Waals surface area (Å²) < 4.78 is 16.1. The highest BCUT2D eigenvalue weighted by Crippen LogP contribution is 2.30. The fourth-order valence-electron chi connectivity index (χ4n) is 3.74. The normalized spacial score (nSPS) is 14.6. The molecule has 1 aliphatic rings. The second-order valence-electron chi connectivity index (χ2n) is 7.53. The molecule has 3 heterocycles. The first-order valence-electron chi connectivity index (χ1n) is 10.5. The lowest BCUT2D eigenvalue weighted by molar-refractivity contribution is 0.198. The molecule has 7 heteroatoms. The third-order valence-electron chi connectivity index (χ3n) is 5.52. The quantitative estimate of drug-likeness (QED) is 0.500. The third-order valence-corrected chi connectivity index (χ3v) is 5.52. The number of benzene rings is 2. The zero-order valence-electron chi connectivity index (χ0n) is 17.3. The van der Waals surface area contributed by atoms with Gasteiger partial charge in [0.05, 0.1) is 18.3 Å². The maximum Gasteiger partial charge on any atom is 0.163 e. The van der Waals surface area contributed by atoms with E-state index in [1.807, 2.05) is 46.1 Å². The molecule has 0 fully saturated rings. The van der Waals surface area contributed by atoms with Crippen molar-refractivity contribution in [3.05, 3.63) is 85.5 Å². The van der Waals surface area contributed by atoms with Crippen molar-refractivity contribution < 1.29 is 9.47 Å². The van der Waals surface area contributed by atoms with Crippen molar-refractivity contribution in [2.24, 2.45) is 0 Å². The minimum atomic E-state index is 0.628. The molecule has 0 bridgehead atoms. The van der Waals surface area contributed by atoms with Gasteiger partial charge in [0.1, 0.15) is 13.2 Å². The number of hydrogen-bond acceptors (Lipinski definition) is 5. The molecule has 0 N–H and O–H groups in total. The van der Waals surface area contributed by atoms with Crippen LogP contribution in [0.5, 0.6) is 11.5 Å². The van der Waals surface area contributed by atoms with Crippen LogP contribution in [0.15, 0.2) is 79.9 Å². The molecular weight excluding hydrogens is 390 g/mol. The molecule has 0 spiro atoms. The Kier molecular flexibility index (Phi) is 5.66. The molecule has 2 aromatic heterocycles. The van der Waals surface area contributed by atoms with Gasteiger partial charge in [0.2, 0.25) is 0 Å². The van der Waals surface area contributed by atoms with Gasteiger partial charge in [-0.3, -0.25) is 4.90 Å². The first-order chi connectivity index (χ1) is 15.3. The molecule has 0 aliphatic carbocycles. The lowest BCUT2D eigenvalue weighted by Crippen LogP contribution is -2.33. The Hall–Kier alpha value is -3.58. The molecule has 7 nitrogen and oxygen atoms in total. The van der Waals surface area contributed by atoms with Gasteiger partial charge < -0.3 is 18.6 Å². The summed E-state index contributed by atoms with van der Waals surface area (Å²) in [6.07, 6.45) is 12.0. The average molecular weight is 415 g/mol. The van der Waals surface area contributed by atoms with E-state index in [9.17, 15) is 0 Å². The average Bonchev–Trinajstić information content (AvgIpc) is 3.53. The van der Waals surface area contributed by atoms with E-state index in [0.29, 0.717) is 13.2 Å².